The van der Waals surface area contributed by atoms with Crippen LogP contribution < -0.4 is 10.6 Å². The van der Waals surface area contributed by atoms with Crippen LogP contribution in [0.3, 0.4) is 0 Å². The monoisotopic (exact) mass is 397 g/mol. The van der Waals surface area contributed by atoms with Crippen molar-refractivity contribution >= 4 is 5.96 Å². The predicted molar refractivity (Wildman–Crippen MR) is 116 cm³/mol. The summed E-state index contributed by atoms with van der Waals surface area (Å²) in [5.74, 6) is 2.19. The Hall–Kier alpha value is -0.890. The van der Waals surface area contributed by atoms with Crippen LogP contribution in [-0.4, -0.2) is 102 Å². The molecule has 164 valence electrons. The van der Waals surface area contributed by atoms with Crippen LogP contribution in [0.15, 0.2) is 4.99 Å². The zero-order chi connectivity index (χ0) is 20.2. The molecule has 2 aliphatic rings. The van der Waals surface area contributed by atoms with Gasteiger partial charge in [0.2, 0.25) is 0 Å². The molecule has 0 radical (unpaired) electrons. The van der Waals surface area contributed by atoms with Crippen molar-refractivity contribution < 1.29 is 9.47 Å². The molecule has 2 saturated heterocycles. The van der Waals surface area contributed by atoms with Crippen LogP contribution in [0.1, 0.15) is 33.1 Å². The van der Waals surface area contributed by atoms with Crippen molar-refractivity contribution in [1.29, 1.82) is 0 Å². The van der Waals surface area contributed by atoms with Gasteiger partial charge in [0, 0.05) is 78.8 Å². The minimum Gasteiger partial charge on any atom is -0.381 e. The largest absolute Gasteiger partial charge is 0.381 e. The second-order valence-electron chi connectivity index (χ2n) is 8.51. The number of aliphatic imine (C=N–C) groups is 1. The fourth-order valence-electron chi connectivity index (χ4n) is 3.91. The second-order valence-corrected chi connectivity index (χ2v) is 8.51. The zero-order valence-electron chi connectivity index (χ0n) is 18.6. The summed E-state index contributed by atoms with van der Waals surface area (Å²) in [6.07, 6.45) is 3.27. The van der Waals surface area contributed by atoms with E-state index in [0.29, 0.717) is 17.9 Å². The molecule has 28 heavy (non-hydrogen) atoms. The normalized spacial score (nSPS) is 21.8. The number of hydrogen-bond acceptors (Lipinski definition) is 5. The molecule has 2 fully saturated rings. The minimum atomic E-state index is 0.537. The number of piperazine rings is 1. The Morgan fingerprint density at radius 1 is 1.14 bits per heavy atom. The van der Waals surface area contributed by atoms with E-state index in [4.69, 9.17) is 9.47 Å². The van der Waals surface area contributed by atoms with E-state index in [1.807, 2.05) is 7.05 Å². The minimum absolute atomic E-state index is 0.537. The van der Waals surface area contributed by atoms with Crippen molar-refractivity contribution in [2.45, 2.75) is 39.2 Å². The van der Waals surface area contributed by atoms with Gasteiger partial charge in [0.15, 0.2) is 5.96 Å². The molecule has 7 heteroatoms. The van der Waals surface area contributed by atoms with Gasteiger partial charge in [-0.15, -0.1) is 0 Å². The summed E-state index contributed by atoms with van der Waals surface area (Å²) in [7, 11) is 4.05. The molecule has 0 aromatic carbocycles. The van der Waals surface area contributed by atoms with E-state index in [1.165, 1.54) is 0 Å². The molecular formula is C21H43N5O2. The van der Waals surface area contributed by atoms with Crippen LogP contribution in [0.5, 0.6) is 0 Å². The maximum absolute atomic E-state index is 5.84. The number of nitrogens with one attached hydrogen (secondary N) is 2. The standard InChI is InChI=1S/C21H43N5O2/c1-18(2)20(26-11-9-25(4)10-12-26)16-24-21(22-3)23-8-5-13-28-17-19-6-14-27-15-7-19/h18-20H,5-17H2,1-4H3,(H2,22,23,24). The van der Waals surface area contributed by atoms with Crippen molar-refractivity contribution in [1.82, 2.24) is 20.4 Å². The highest BCUT2D eigenvalue weighted by molar-refractivity contribution is 5.79. The van der Waals surface area contributed by atoms with Gasteiger partial charge >= 0.3 is 0 Å². The fraction of sp³-hybridized carbons (Fsp3) is 0.952. The van der Waals surface area contributed by atoms with E-state index >= 15 is 0 Å². The smallest absolute Gasteiger partial charge is 0.191 e. The Kier molecular flexibility index (Phi) is 11.2. The third-order valence-electron chi connectivity index (χ3n) is 5.93. The van der Waals surface area contributed by atoms with E-state index in [0.717, 1.165) is 90.9 Å². The molecule has 0 saturated carbocycles. The molecule has 1 atom stereocenters. The summed E-state index contributed by atoms with van der Waals surface area (Å²) >= 11 is 0. The highest BCUT2D eigenvalue weighted by Crippen LogP contribution is 2.15. The van der Waals surface area contributed by atoms with E-state index < -0.39 is 0 Å². The topological polar surface area (TPSA) is 61.4 Å². The average Bonchev–Trinajstić information content (AvgIpc) is 2.71. The third kappa shape index (κ3) is 8.64. The van der Waals surface area contributed by atoms with Crippen LogP contribution in [0, 0.1) is 11.8 Å². The van der Waals surface area contributed by atoms with E-state index in [9.17, 15) is 0 Å². The second kappa shape index (κ2) is 13.4. The van der Waals surface area contributed by atoms with E-state index in [-0.39, 0.29) is 0 Å². The maximum atomic E-state index is 5.84. The Morgan fingerprint density at radius 2 is 1.86 bits per heavy atom. The highest BCUT2D eigenvalue weighted by Gasteiger charge is 2.25. The average molecular weight is 398 g/mol. The van der Waals surface area contributed by atoms with Crippen LogP contribution in [-0.2, 0) is 9.47 Å². The first-order valence-electron chi connectivity index (χ1n) is 11.1. The summed E-state index contributed by atoms with van der Waals surface area (Å²) < 4.78 is 11.2. The number of rotatable bonds is 10. The first-order valence-corrected chi connectivity index (χ1v) is 11.1. The van der Waals surface area contributed by atoms with Crippen LogP contribution in [0.4, 0.5) is 0 Å². The molecule has 0 amide bonds. The Bertz CT molecular complexity index is 433. The maximum Gasteiger partial charge on any atom is 0.191 e. The summed E-state index contributed by atoms with van der Waals surface area (Å²) in [5.41, 5.74) is 0. The molecular weight excluding hydrogens is 354 g/mol. The van der Waals surface area contributed by atoms with Crippen molar-refractivity contribution in [2.75, 3.05) is 79.8 Å². The van der Waals surface area contributed by atoms with Gasteiger partial charge in [-0.1, -0.05) is 13.8 Å². The first kappa shape index (κ1) is 23.4. The van der Waals surface area contributed by atoms with Gasteiger partial charge in [-0.3, -0.25) is 9.89 Å². The fourth-order valence-corrected chi connectivity index (χ4v) is 3.91. The number of hydrogen-bond donors (Lipinski definition) is 2. The quantitative estimate of drug-likeness (QED) is 0.329. The van der Waals surface area contributed by atoms with Crippen molar-refractivity contribution in [3.05, 3.63) is 0 Å². The van der Waals surface area contributed by atoms with Crippen molar-refractivity contribution in [2.24, 2.45) is 16.8 Å². The predicted octanol–water partition coefficient (Wildman–Crippen LogP) is 1.26. The lowest BCUT2D eigenvalue weighted by atomic mass is 10.0. The van der Waals surface area contributed by atoms with Gasteiger partial charge in [-0.2, -0.15) is 0 Å². The van der Waals surface area contributed by atoms with Gasteiger partial charge in [0.25, 0.3) is 0 Å². The van der Waals surface area contributed by atoms with Gasteiger partial charge in [0.1, 0.15) is 0 Å². The Labute approximate surface area is 172 Å². The molecule has 0 spiro atoms. The lowest BCUT2D eigenvalue weighted by molar-refractivity contribution is 0.0203. The van der Waals surface area contributed by atoms with Crippen LogP contribution in [0.2, 0.25) is 0 Å². The number of nitrogens with zero attached hydrogens (tertiary/aromatic N) is 3. The molecule has 0 bridgehead atoms. The van der Waals surface area contributed by atoms with Crippen LogP contribution in [0.25, 0.3) is 0 Å². The molecule has 0 aromatic rings. The van der Waals surface area contributed by atoms with Crippen LogP contribution >= 0.6 is 0 Å². The number of likely N-dealkylation sites (N-methyl/N-ethyl adjacent to an activating group) is 1. The Morgan fingerprint density at radius 3 is 2.50 bits per heavy atom. The van der Waals surface area contributed by atoms with E-state index in [2.05, 4.69) is 46.3 Å². The molecule has 2 heterocycles. The van der Waals surface area contributed by atoms with Crippen molar-refractivity contribution in [3.8, 4) is 0 Å². The molecule has 0 aromatic heterocycles. The summed E-state index contributed by atoms with van der Waals surface area (Å²) in [6, 6.07) is 0.537. The summed E-state index contributed by atoms with van der Waals surface area (Å²) in [6.45, 7) is 14.5. The Balaban J connectivity index is 1.59. The molecule has 2 aliphatic heterocycles. The lowest BCUT2D eigenvalue weighted by Crippen LogP contribution is -2.55. The SMILES string of the molecule is CN=C(NCCCOCC1CCOCC1)NCC(C(C)C)N1CCN(C)CC1. The molecule has 0 aliphatic carbocycles. The van der Waals surface area contributed by atoms with Gasteiger partial charge in [0.05, 0.1) is 0 Å². The summed E-state index contributed by atoms with van der Waals surface area (Å²) in [4.78, 5) is 9.41. The number of guanidine groups is 1. The molecule has 2 rings (SSSR count). The summed E-state index contributed by atoms with van der Waals surface area (Å²) in [5, 5.41) is 6.96. The third-order valence-corrected chi connectivity index (χ3v) is 5.93. The zero-order valence-corrected chi connectivity index (χ0v) is 18.6. The molecule has 7 nitrogen and oxygen atoms in total. The van der Waals surface area contributed by atoms with Gasteiger partial charge in [-0.25, -0.2) is 0 Å². The highest BCUT2D eigenvalue weighted by atomic mass is 16.5. The van der Waals surface area contributed by atoms with Crippen molar-refractivity contribution in [3.63, 3.8) is 0 Å². The van der Waals surface area contributed by atoms with Gasteiger partial charge < -0.3 is 25.0 Å². The molecule has 1 unspecified atom stereocenters. The number of ether oxygens (including phenoxy) is 2. The van der Waals surface area contributed by atoms with E-state index in [1.54, 1.807) is 0 Å². The first-order chi connectivity index (χ1) is 13.6. The van der Waals surface area contributed by atoms with Gasteiger partial charge in [-0.05, 0) is 38.1 Å². The lowest BCUT2D eigenvalue weighted by Gasteiger charge is -2.40. The molecule has 2 N–H and O–H groups in total.